The number of nitrogens with zero attached hydrogens (tertiary/aromatic N) is 2. The van der Waals surface area contributed by atoms with Crippen LogP contribution in [0.1, 0.15) is 37.8 Å². The van der Waals surface area contributed by atoms with Crippen molar-refractivity contribution >= 4 is 23.6 Å². The molecule has 1 saturated heterocycles. The Bertz CT molecular complexity index is 967. The number of hydrogen-bond acceptors (Lipinski definition) is 5. The number of nitrogens with one attached hydrogen (secondary N) is 1. The average molecular weight is 468 g/mol. The molecule has 0 radical (unpaired) electrons. The molecule has 1 aliphatic heterocycles. The van der Waals surface area contributed by atoms with Crippen molar-refractivity contribution in [1.29, 1.82) is 0 Å². The number of piperidine rings is 1. The van der Waals surface area contributed by atoms with Gasteiger partial charge in [0.2, 0.25) is 5.91 Å². The molecule has 1 N–H and O–H groups in total. The van der Waals surface area contributed by atoms with Crippen LogP contribution in [0.5, 0.6) is 5.75 Å². The van der Waals surface area contributed by atoms with Crippen molar-refractivity contribution in [2.24, 2.45) is 0 Å². The topological polar surface area (TPSA) is 88.2 Å². The van der Waals surface area contributed by atoms with Gasteiger partial charge in [-0.15, -0.1) is 0 Å². The van der Waals surface area contributed by atoms with Crippen LogP contribution in [0, 0.1) is 0 Å². The average Bonchev–Trinajstić information content (AvgIpc) is 2.84. The summed E-state index contributed by atoms with van der Waals surface area (Å²) in [6, 6.07) is 14.7. The highest BCUT2D eigenvalue weighted by molar-refractivity contribution is 5.89. The van der Waals surface area contributed by atoms with Crippen molar-refractivity contribution in [3.8, 4) is 5.75 Å². The van der Waals surface area contributed by atoms with Gasteiger partial charge in [0.25, 0.3) is 0 Å². The van der Waals surface area contributed by atoms with E-state index in [1.165, 1.54) is 0 Å². The highest BCUT2D eigenvalue weighted by Crippen LogP contribution is 2.22. The third-order valence-corrected chi connectivity index (χ3v) is 5.98. The van der Waals surface area contributed by atoms with Crippen molar-refractivity contribution < 1.29 is 23.9 Å². The van der Waals surface area contributed by atoms with Crippen LogP contribution in [-0.4, -0.2) is 60.6 Å². The molecule has 1 aliphatic rings. The normalized spacial score (nSPS) is 13.8. The predicted octanol–water partition coefficient (Wildman–Crippen LogP) is 3.85. The van der Waals surface area contributed by atoms with E-state index in [1.807, 2.05) is 46.2 Å². The van der Waals surface area contributed by atoms with Crippen molar-refractivity contribution in [3.63, 3.8) is 0 Å². The van der Waals surface area contributed by atoms with Crippen LogP contribution in [0.2, 0.25) is 0 Å². The largest absolute Gasteiger partial charge is 0.497 e. The number of carbonyl (C=O) groups excluding carboxylic acids is 3. The van der Waals surface area contributed by atoms with Gasteiger partial charge in [0.15, 0.2) is 0 Å². The summed E-state index contributed by atoms with van der Waals surface area (Å²) >= 11 is 0. The van der Waals surface area contributed by atoms with Gasteiger partial charge in [-0.05, 0) is 55.2 Å². The summed E-state index contributed by atoms with van der Waals surface area (Å²) in [4.78, 5) is 40.4. The SMILES string of the molecule is CCOC(=O)Cc1ccc(NC(=O)N(Cc2ccc(OC)cc2)C2CCN(C(C)=O)CC2)cc1. The molecular formula is C26H33N3O5. The number of benzene rings is 2. The van der Waals surface area contributed by atoms with Crippen molar-refractivity contribution in [3.05, 3.63) is 59.7 Å². The Kier molecular flexibility index (Phi) is 8.90. The minimum atomic E-state index is -0.276. The number of methoxy groups -OCH3 is 1. The molecule has 34 heavy (non-hydrogen) atoms. The molecule has 0 bridgehead atoms. The number of rotatable bonds is 8. The Morgan fingerprint density at radius 2 is 1.62 bits per heavy atom. The molecule has 0 spiro atoms. The van der Waals surface area contributed by atoms with Crippen LogP contribution in [0.4, 0.5) is 10.5 Å². The molecule has 0 unspecified atom stereocenters. The lowest BCUT2D eigenvalue weighted by molar-refractivity contribution is -0.142. The number of ether oxygens (including phenoxy) is 2. The Hall–Kier alpha value is -3.55. The molecule has 0 aromatic heterocycles. The van der Waals surface area contributed by atoms with Gasteiger partial charge in [-0.2, -0.15) is 0 Å². The van der Waals surface area contributed by atoms with Gasteiger partial charge in [-0.1, -0.05) is 24.3 Å². The standard InChI is InChI=1S/C26H33N3O5/c1-4-34-25(31)17-20-5-9-22(10-6-20)27-26(32)29(18-21-7-11-24(33-3)12-8-21)23-13-15-28(16-14-23)19(2)30/h5-12,23H,4,13-18H2,1-3H3,(H,27,32). The maximum atomic E-state index is 13.3. The van der Waals surface area contributed by atoms with Crippen LogP contribution in [0.3, 0.4) is 0 Å². The summed E-state index contributed by atoms with van der Waals surface area (Å²) in [5.41, 5.74) is 2.47. The monoisotopic (exact) mass is 467 g/mol. The van der Waals surface area contributed by atoms with Crippen LogP contribution in [0.15, 0.2) is 48.5 Å². The molecule has 182 valence electrons. The lowest BCUT2D eigenvalue weighted by atomic mass is 10.0. The third kappa shape index (κ3) is 6.97. The zero-order valence-electron chi connectivity index (χ0n) is 20.1. The molecule has 2 aromatic carbocycles. The summed E-state index contributed by atoms with van der Waals surface area (Å²) in [5, 5.41) is 2.99. The molecule has 1 fully saturated rings. The quantitative estimate of drug-likeness (QED) is 0.596. The molecule has 3 rings (SSSR count). The van der Waals surface area contributed by atoms with Crippen LogP contribution in [-0.2, 0) is 27.3 Å². The maximum Gasteiger partial charge on any atom is 0.322 e. The van der Waals surface area contributed by atoms with Gasteiger partial charge in [0.1, 0.15) is 5.75 Å². The smallest absolute Gasteiger partial charge is 0.322 e. The molecule has 0 aliphatic carbocycles. The second kappa shape index (κ2) is 12.1. The van der Waals surface area contributed by atoms with Crippen molar-refractivity contribution in [2.45, 2.75) is 45.7 Å². The highest BCUT2D eigenvalue weighted by atomic mass is 16.5. The second-order valence-corrected chi connectivity index (χ2v) is 8.32. The Balaban J connectivity index is 1.70. The lowest BCUT2D eigenvalue weighted by Crippen LogP contribution is -2.49. The van der Waals surface area contributed by atoms with Gasteiger partial charge >= 0.3 is 12.0 Å². The second-order valence-electron chi connectivity index (χ2n) is 8.32. The summed E-state index contributed by atoms with van der Waals surface area (Å²) in [6.07, 6.45) is 1.64. The van der Waals surface area contributed by atoms with E-state index in [1.54, 1.807) is 33.1 Å². The number of amides is 3. The molecule has 2 aromatic rings. The van der Waals surface area contributed by atoms with E-state index in [2.05, 4.69) is 5.32 Å². The van der Waals surface area contributed by atoms with Crippen LogP contribution >= 0.6 is 0 Å². The van der Waals surface area contributed by atoms with E-state index in [4.69, 9.17) is 9.47 Å². The van der Waals surface area contributed by atoms with E-state index in [9.17, 15) is 14.4 Å². The van der Waals surface area contributed by atoms with Gasteiger partial charge in [-0.3, -0.25) is 9.59 Å². The van der Waals surface area contributed by atoms with Crippen molar-refractivity contribution in [2.75, 3.05) is 32.1 Å². The number of anilines is 1. The Morgan fingerprint density at radius 3 is 2.18 bits per heavy atom. The van der Waals surface area contributed by atoms with E-state index in [0.717, 1.165) is 29.7 Å². The number of esters is 1. The molecule has 8 heteroatoms. The van der Waals surface area contributed by atoms with Gasteiger partial charge in [0, 0.05) is 38.3 Å². The van der Waals surface area contributed by atoms with Gasteiger partial charge < -0.3 is 24.6 Å². The van der Waals surface area contributed by atoms with Gasteiger partial charge in [-0.25, -0.2) is 4.79 Å². The van der Waals surface area contributed by atoms with E-state index in [0.29, 0.717) is 31.9 Å². The first-order valence-electron chi connectivity index (χ1n) is 11.6. The summed E-state index contributed by atoms with van der Waals surface area (Å²) in [6.45, 7) is 5.42. The minimum Gasteiger partial charge on any atom is -0.497 e. The number of urea groups is 1. The zero-order chi connectivity index (χ0) is 24.5. The summed E-state index contributed by atoms with van der Waals surface area (Å²) < 4.78 is 10.2. The van der Waals surface area contributed by atoms with E-state index in [-0.39, 0.29) is 30.4 Å². The minimum absolute atomic E-state index is 0.0146. The third-order valence-electron chi connectivity index (χ3n) is 5.98. The Morgan fingerprint density at radius 1 is 1.00 bits per heavy atom. The fraction of sp³-hybridized carbons (Fsp3) is 0.423. The van der Waals surface area contributed by atoms with Crippen molar-refractivity contribution in [1.82, 2.24) is 9.80 Å². The molecule has 0 atom stereocenters. The number of carbonyl (C=O) groups is 3. The molecular weight excluding hydrogens is 434 g/mol. The molecule has 0 saturated carbocycles. The number of hydrogen-bond donors (Lipinski definition) is 1. The molecule has 3 amide bonds. The summed E-state index contributed by atoms with van der Waals surface area (Å²) in [5.74, 6) is 0.548. The fourth-order valence-electron chi connectivity index (χ4n) is 4.07. The Labute approximate surface area is 200 Å². The fourth-order valence-corrected chi connectivity index (χ4v) is 4.07. The number of likely N-dealkylation sites (tertiary alicyclic amines) is 1. The van der Waals surface area contributed by atoms with Gasteiger partial charge in [0.05, 0.1) is 20.1 Å². The zero-order valence-corrected chi connectivity index (χ0v) is 20.1. The highest BCUT2D eigenvalue weighted by Gasteiger charge is 2.29. The maximum absolute atomic E-state index is 13.3. The van der Waals surface area contributed by atoms with E-state index >= 15 is 0 Å². The lowest BCUT2D eigenvalue weighted by Gasteiger charge is -2.38. The molecule has 8 nitrogen and oxygen atoms in total. The summed E-state index contributed by atoms with van der Waals surface area (Å²) in [7, 11) is 1.62. The van der Waals surface area contributed by atoms with E-state index < -0.39 is 0 Å². The first-order chi connectivity index (χ1) is 16.4. The first kappa shape index (κ1) is 25.1. The first-order valence-corrected chi connectivity index (χ1v) is 11.6. The molecule has 1 heterocycles. The van der Waals surface area contributed by atoms with Crippen LogP contribution in [0.25, 0.3) is 0 Å². The predicted molar refractivity (Wildman–Crippen MR) is 130 cm³/mol. The van der Waals surface area contributed by atoms with Crippen LogP contribution < -0.4 is 10.1 Å².